The van der Waals surface area contributed by atoms with Crippen molar-refractivity contribution in [3.63, 3.8) is 0 Å². The highest BCUT2D eigenvalue weighted by Crippen LogP contribution is 2.14. The number of hydrogen-bond donors (Lipinski definition) is 1. The average Bonchev–Trinajstić information content (AvgIpc) is 2.03. The lowest BCUT2D eigenvalue weighted by Crippen LogP contribution is -1.99. The van der Waals surface area contributed by atoms with Gasteiger partial charge in [-0.25, -0.2) is 8.78 Å². The van der Waals surface area contributed by atoms with E-state index in [1.54, 1.807) is 0 Å². The Morgan fingerprint density at radius 3 is 2.25 bits per heavy atom. The lowest BCUT2D eigenvalue weighted by molar-refractivity contribution is 0.320. The molecule has 0 fully saturated rings. The minimum Gasteiger partial charge on any atom is -0.410 e. The van der Waals surface area contributed by atoms with E-state index in [-0.39, 0.29) is 0 Å². The molecule has 0 aliphatic heterocycles. The van der Waals surface area contributed by atoms with E-state index in [1.807, 2.05) is 0 Å². The van der Waals surface area contributed by atoms with Crippen LogP contribution in [-0.2, 0) is 0 Å². The maximum atomic E-state index is 12.8. The second kappa shape index (κ2) is 3.49. The monoisotopic (exact) mass is 191 g/mol. The highest BCUT2D eigenvalue weighted by molar-refractivity contribution is 6.69. The topological polar surface area (TPSA) is 32.6 Å². The molecule has 0 spiro atoms. The van der Waals surface area contributed by atoms with E-state index >= 15 is 0 Å². The van der Waals surface area contributed by atoms with Gasteiger partial charge in [0.05, 0.1) is 5.56 Å². The van der Waals surface area contributed by atoms with Gasteiger partial charge in [0, 0.05) is 0 Å². The minimum atomic E-state index is -0.863. The van der Waals surface area contributed by atoms with Crippen LogP contribution in [0.3, 0.4) is 0 Å². The molecule has 1 aromatic carbocycles. The van der Waals surface area contributed by atoms with Crippen LogP contribution in [0.4, 0.5) is 8.78 Å². The highest BCUT2D eigenvalue weighted by atomic mass is 35.5. The molecule has 0 aromatic heterocycles. The van der Waals surface area contributed by atoms with E-state index in [9.17, 15) is 8.78 Å². The summed E-state index contributed by atoms with van der Waals surface area (Å²) in [5, 5.41) is 10.0. The first kappa shape index (κ1) is 8.93. The summed E-state index contributed by atoms with van der Waals surface area (Å²) in [7, 11) is 0. The van der Waals surface area contributed by atoms with Gasteiger partial charge in [-0.3, -0.25) is 0 Å². The molecule has 12 heavy (non-hydrogen) atoms. The first-order valence-corrected chi connectivity index (χ1v) is 3.36. The Balaban J connectivity index is 3.31. The van der Waals surface area contributed by atoms with E-state index in [0.29, 0.717) is 0 Å². The van der Waals surface area contributed by atoms with Crippen LogP contribution in [0.15, 0.2) is 23.4 Å². The van der Waals surface area contributed by atoms with Gasteiger partial charge >= 0.3 is 0 Å². The second-order valence-electron chi connectivity index (χ2n) is 1.99. The molecule has 1 rings (SSSR count). The summed E-state index contributed by atoms with van der Waals surface area (Å²) in [5.41, 5.74) is -0.526. The zero-order chi connectivity index (χ0) is 9.14. The number of halogens is 3. The molecule has 0 radical (unpaired) electrons. The Hall–Kier alpha value is -1.16. The van der Waals surface area contributed by atoms with Gasteiger partial charge in [0.2, 0.25) is 0 Å². The molecule has 0 saturated heterocycles. The summed E-state index contributed by atoms with van der Waals surface area (Å²) in [6.07, 6.45) is 0. The molecule has 0 bridgehead atoms. The van der Waals surface area contributed by atoms with E-state index in [4.69, 9.17) is 16.8 Å². The Kier molecular flexibility index (Phi) is 2.60. The van der Waals surface area contributed by atoms with Gasteiger partial charge in [-0.1, -0.05) is 22.8 Å². The predicted octanol–water partition coefficient (Wildman–Crippen LogP) is 2.34. The predicted molar refractivity (Wildman–Crippen MR) is 40.5 cm³/mol. The minimum absolute atomic E-state index is 0.526. The Morgan fingerprint density at radius 2 is 1.83 bits per heavy atom. The first-order valence-electron chi connectivity index (χ1n) is 2.98. The number of rotatable bonds is 1. The van der Waals surface area contributed by atoms with Gasteiger partial charge in [0.15, 0.2) is 5.17 Å². The number of nitrogens with zero attached hydrogens (tertiary/aromatic N) is 1. The van der Waals surface area contributed by atoms with Crippen molar-refractivity contribution in [2.24, 2.45) is 5.16 Å². The summed E-state index contributed by atoms with van der Waals surface area (Å²) in [6.45, 7) is 0. The molecule has 0 amide bonds. The van der Waals surface area contributed by atoms with Gasteiger partial charge in [-0.05, 0) is 12.1 Å². The second-order valence-corrected chi connectivity index (χ2v) is 2.35. The van der Waals surface area contributed by atoms with Crippen molar-refractivity contribution in [3.05, 3.63) is 35.4 Å². The molecule has 0 heterocycles. The van der Waals surface area contributed by atoms with E-state index < -0.39 is 22.4 Å². The summed E-state index contributed by atoms with van der Waals surface area (Å²) >= 11 is 5.22. The van der Waals surface area contributed by atoms with Crippen molar-refractivity contribution < 1.29 is 14.0 Å². The fourth-order valence-corrected chi connectivity index (χ4v) is 0.925. The molecule has 0 aliphatic carbocycles. The molecular weight excluding hydrogens is 188 g/mol. The van der Waals surface area contributed by atoms with Crippen LogP contribution in [0.1, 0.15) is 5.56 Å². The lowest BCUT2D eigenvalue weighted by Gasteiger charge is -1.99. The van der Waals surface area contributed by atoms with Crippen LogP contribution in [0.5, 0.6) is 0 Å². The first-order chi connectivity index (χ1) is 5.66. The van der Waals surface area contributed by atoms with Crippen LogP contribution in [-0.4, -0.2) is 10.4 Å². The number of benzene rings is 1. The van der Waals surface area contributed by atoms with Crippen molar-refractivity contribution >= 4 is 16.8 Å². The van der Waals surface area contributed by atoms with Crippen molar-refractivity contribution in [2.45, 2.75) is 0 Å². The fraction of sp³-hybridized carbons (Fsp3) is 0. The van der Waals surface area contributed by atoms with Crippen molar-refractivity contribution in [3.8, 4) is 0 Å². The molecule has 64 valence electrons. The van der Waals surface area contributed by atoms with Crippen molar-refractivity contribution in [1.82, 2.24) is 0 Å². The lowest BCUT2D eigenvalue weighted by atomic mass is 10.2. The fourth-order valence-electron chi connectivity index (χ4n) is 0.745. The van der Waals surface area contributed by atoms with E-state index in [0.717, 1.165) is 12.1 Å². The maximum Gasteiger partial charge on any atom is 0.181 e. The van der Waals surface area contributed by atoms with Gasteiger partial charge in [-0.2, -0.15) is 0 Å². The van der Waals surface area contributed by atoms with Gasteiger partial charge in [0.1, 0.15) is 11.6 Å². The third-order valence-electron chi connectivity index (χ3n) is 1.26. The Bertz CT molecular complexity index is 307. The zero-order valence-corrected chi connectivity index (χ0v) is 6.52. The van der Waals surface area contributed by atoms with Crippen LogP contribution in [0.25, 0.3) is 0 Å². The maximum absolute atomic E-state index is 12.8. The summed E-state index contributed by atoms with van der Waals surface area (Å²) in [4.78, 5) is 0. The highest BCUT2D eigenvalue weighted by Gasteiger charge is 2.12. The molecule has 5 heteroatoms. The normalized spacial score (nSPS) is 11.8. The van der Waals surface area contributed by atoms with Crippen LogP contribution < -0.4 is 0 Å². The van der Waals surface area contributed by atoms with Gasteiger partial charge in [-0.15, -0.1) is 0 Å². The quantitative estimate of drug-likeness (QED) is 0.413. The van der Waals surface area contributed by atoms with E-state index in [1.165, 1.54) is 6.07 Å². The molecule has 0 saturated carbocycles. The Labute approximate surface area is 72.1 Å². The number of hydrogen-bond acceptors (Lipinski definition) is 2. The molecule has 0 unspecified atom stereocenters. The largest absolute Gasteiger partial charge is 0.410 e. The van der Waals surface area contributed by atoms with Crippen LogP contribution in [0.2, 0.25) is 0 Å². The molecule has 1 N–H and O–H groups in total. The molecule has 1 aromatic rings. The average molecular weight is 192 g/mol. The van der Waals surface area contributed by atoms with Crippen LogP contribution in [0, 0.1) is 11.6 Å². The van der Waals surface area contributed by atoms with Gasteiger partial charge in [0.25, 0.3) is 0 Å². The third-order valence-corrected chi connectivity index (χ3v) is 1.52. The smallest absolute Gasteiger partial charge is 0.181 e. The summed E-state index contributed by atoms with van der Waals surface area (Å²) < 4.78 is 25.5. The molecule has 2 nitrogen and oxygen atoms in total. The van der Waals surface area contributed by atoms with Crippen LogP contribution >= 0.6 is 11.6 Å². The van der Waals surface area contributed by atoms with Crippen molar-refractivity contribution in [1.29, 1.82) is 0 Å². The molecule has 0 atom stereocenters. The molecule has 0 aliphatic rings. The number of oxime groups is 1. The van der Waals surface area contributed by atoms with Gasteiger partial charge < -0.3 is 5.21 Å². The van der Waals surface area contributed by atoms with Crippen molar-refractivity contribution in [2.75, 3.05) is 0 Å². The van der Waals surface area contributed by atoms with E-state index in [2.05, 4.69) is 5.16 Å². The SMILES string of the molecule is O/N=C(/Cl)c1c(F)cccc1F. The summed E-state index contributed by atoms with van der Waals surface area (Å²) in [6, 6.07) is 3.23. The summed E-state index contributed by atoms with van der Waals surface area (Å²) in [5.74, 6) is -1.73. The standard InChI is InChI=1S/C7H4ClF2NO/c8-7(11-12)6-4(9)2-1-3-5(6)10/h1-3,12H/b11-7+. The Morgan fingerprint density at radius 1 is 1.33 bits per heavy atom. The third kappa shape index (κ3) is 1.53. The zero-order valence-electron chi connectivity index (χ0n) is 5.76. The molecular formula is C7H4ClF2NO.